The number of nitrogens with one attached hydrogen (secondary N) is 1. The summed E-state index contributed by atoms with van der Waals surface area (Å²) < 4.78 is 2.67. The third-order valence-electron chi connectivity index (χ3n) is 3.27. The Kier molecular flexibility index (Phi) is 3.17. The van der Waals surface area contributed by atoms with Gasteiger partial charge in [0.2, 0.25) is 0 Å². The molecule has 0 radical (unpaired) electrons. The topological polar surface area (TPSA) is 20.7 Å². The highest BCUT2D eigenvalue weighted by Crippen LogP contribution is 2.25. The van der Waals surface area contributed by atoms with Crippen LogP contribution in [0, 0.1) is 4.77 Å². The Labute approximate surface area is 121 Å². The van der Waals surface area contributed by atoms with E-state index in [9.17, 15) is 0 Å². The highest BCUT2D eigenvalue weighted by molar-refractivity contribution is 7.71. The van der Waals surface area contributed by atoms with E-state index in [1.165, 1.54) is 5.56 Å². The monoisotopic (exact) mass is 288 g/mol. The van der Waals surface area contributed by atoms with Gasteiger partial charge >= 0.3 is 0 Å². The molecule has 0 bridgehead atoms. The van der Waals surface area contributed by atoms with Crippen molar-refractivity contribution >= 4 is 34.9 Å². The van der Waals surface area contributed by atoms with Gasteiger partial charge in [-0.1, -0.05) is 36.7 Å². The van der Waals surface area contributed by atoms with Crippen molar-refractivity contribution in [3.05, 3.63) is 57.8 Å². The lowest BCUT2D eigenvalue weighted by Gasteiger charge is -2.05. The first kappa shape index (κ1) is 12.5. The molecule has 0 unspecified atom stereocenters. The van der Waals surface area contributed by atoms with E-state index in [0.29, 0.717) is 9.79 Å². The van der Waals surface area contributed by atoms with Crippen molar-refractivity contribution in [3.63, 3.8) is 0 Å². The quantitative estimate of drug-likeness (QED) is 0.665. The molecule has 0 saturated heterocycles. The molecule has 1 N–H and O–H groups in total. The van der Waals surface area contributed by atoms with Crippen molar-refractivity contribution in [1.82, 2.24) is 9.55 Å². The Bertz CT molecular complexity index is 784. The molecule has 0 aliphatic carbocycles. The number of imidazole rings is 1. The summed E-state index contributed by atoms with van der Waals surface area (Å²) in [6.07, 6.45) is 1.03. The van der Waals surface area contributed by atoms with E-state index in [0.717, 1.165) is 23.1 Å². The smallest absolute Gasteiger partial charge is 0.182 e. The molecule has 0 aliphatic rings. The number of rotatable bonds is 2. The molecule has 0 saturated carbocycles. The molecule has 0 spiro atoms. The van der Waals surface area contributed by atoms with Crippen LogP contribution in [0.4, 0.5) is 0 Å². The molecule has 2 aromatic carbocycles. The highest BCUT2D eigenvalue weighted by Gasteiger charge is 2.08. The molecule has 2 nitrogen and oxygen atoms in total. The first-order valence-electron chi connectivity index (χ1n) is 6.19. The molecule has 96 valence electrons. The van der Waals surface area contributed by atoms with Crippen molar-refractivity contribution in [2.45, 2.75) is 13.3 Å². The molecule has 0 aliphatic heterocycles. The van der Waals surface area contributed by atoms with Gasteiger partial charge in [0.1, 0.15) is 0 Å². The predicted octanol–water partition coefficient (Wildman–Crippen LogP) is 4.90. The van der Waals surface area contributed by atoms with E-state index in [-0.39, 0.29) is 0 Å². The largest absolute Gasteiger partial charge is 0.329 e. The summed E-state index contributed by atoms with van der Waals surface area (Å²) in [4.78, 5) is 3.17. The Morgan fingerprint density at radius 3 is 2.58 bits per heavy atom. The van der Waals surface area contributed by atoms with Gasteiger partial charge in [-0.15, -0.1) is 0 Å². The number of aromatic amines is 1. The summed E-state index contributed by atoms with van der Waals surface area (Å²) in [5, 5.41) is 0.688. The molecule has 4 heteroatoms. The molecule has 1 heterocycles. The minimum Gasteiger partial charge on any atom is -0.329 e. The van der Waals surface area contributed by atoms with Gasteiger partial charge in [0.15, 0.2) is 4.77 Å². The van der Waals surface area contributed by atoms with Crippen molar-refractivity contribution in [2.75, 3.05) is 0 Å². The minimum atomic E-state index is 0.660. The van der Waals surface area contributed by atoms with Crippen molar-refractivity contribution in [3.8, 4) is 5.69 Å². The summed E-state index contributed by atoms with van der Waals surface area (Å²) in [7, 11) is 0. The number of halogens is 1. The second kappa shape index (κ2) is 4.83. The Balaban J connectivity index is 2.27. The molecule has 3 rings (SSSR count). The SMILES string of the molecule is CCc1ccc(-n2c(=S)[nH]c3c(Cl)cccc32)cc1. The van der Waals surface area contributed by atoms with Gasteiger partial charge in [0.25, 0.3) is 0 Å². The van der Waals surface area contributed by atoms with Crippen molar-refractivity contribution < 1.29 is 0 Å². The second-order valence-electron chi connectivity index (χ2n) is 4.42. The van der Waals surface area contributed by atoms with Crippen LogP contribution in [0.15, 0.2) is 42.5 Å². The van der Waals surface area contributed by atoms with Crippen LogP contribution in [0.2, 0.25) is 5.02 Å². The van der Waals surface area contributed by atoms with E-state index in [1.807, 2.05) is 22.8 Å². The van der Waals surface area contributed by atoms with Crippen LogP contribution in [0.1, 0.15) is 12.5 Å². The number of aromatic nitrogens is 2. The van der Waals surface area contributed by atoms with Crippen LogP contribution in [-0.4, -0.2) is 9.55 Å². The van der Waals surface area contributed by atoms with Crippen LogP contribution in [0.5, 0.6) is 0 Å². The normalized spacial score (nSPS) is 11.1. The van der Waals surface area contributed by atoms with Crippen LogP contribution >= 0.6 is 23.8 Å². The Morgan fingerprint density at radius 1 is 1.16 bits per heavy atom. The van der Waals surface area contributed by atoms with Crippen LogP contribution in [0.25, 0.3) is 16.7 Å². The van der Waals surface area contributed by atoms with Gasteiger partial charge in [-0.2, -0.15) is 0 Å². The maximum Gasteiger partial charge on any atom is 0.182 e. The number of aryl methyl sites for hydroxylation is 1. The lowest BCUT2D eigenvalue weighted by atomic mass is 10.1. The zero-order valence-corrected chi connectivity index (χ0v) is 12.1. The standard InChI is InChI=1S/C15H13ClN2S/c1-2-10-6-8-11(9-7-10)18-13-5-3-4-12(16)14(13)17-15(18)19/h3-9H,2H2,1H3,(H,17,19). The number of para-hydroxylation sites is 1. The lowest BCUT2D eigenvalue weighted by Crippen LogP contribution is -1.94. The summed E-state index contributed by atoms with van der Waals surface area (Å²) in [5.74, 6) is 0. The predicted molar refractivity (Wildman–Crippen MR) is 82.8 cm³/mol. The number of fused-ring (bicyclic) bond motifs is 1. The average Bonchev–Trinajstić information content (AvgIpc) is 2.77. The van der Waals surface area contributed by atoms with E-state index in [2.05, 4.69) is 36.2 Å². The molecule has 0 atom stereocenters. The van der Waals surface area contributed by atoms with E-state index in [1.54, 1.807) is 0 Å². The summed E-state index contributed by atoms with van der Waals surface area (Å²) in [5.41, 5.74) is 4.25. The third-order valence-corrected chi connectivity index (χ3v) is 3.87. The van der Waals surface area contributed by atoms with Crippen LogP contribution in [-0.2, 0) is 6.42 Å². The third kappa shape index (κ3) is 2.09. The van der Waals surface area contributed by atoms with Gasteiger partial charge < -0.3 is 4.98 Å². The molecule has 19 heavy (non-hydrogen) atoms. The number of hydrogen-bond acceptors (Lipinski definition) is 1. The second-order valence-corrected chi connectivity index (χ2v) is 5.21. The Hall–Kier alpha value is -1.58. The first-order chi connectivity index (χ1) is 9.20. The van der Waals surface area contributed by atoms with Crippen molar-refractivity contribution in [2.24, 2.45) is 0 Å². The van der Waals surface area contributed by atoms with Gasteiger partial charge in [0.05, 0.1) is 16.1 Å². The minimum absolute atomic E-state index is 0.660. The van der Waals surface area contributed by atoms with E-state index >= 15 is 0 Å². The van der Waals surface area contributed by atoms with Crippen LogP contribution in [0.3, 0.4) is 0 Å². The maximum atomic E-state index is 6.19. The van der Waals surface area contributed by atoms with Gasteiger partial charge in [-0.25, -0.2) is 0 Å². The molecular formula is C15H13ClN2S. The number of nitrogens with zero attached hydrogens (tertiary/aromatic N) is 1. The fraction of sp³-hybridized carbons (Fsp3) is 0.133. The molecule has 3 aromatic rings. The van der Waals surface area contributed by atoms with Crippen LogP contribution < -0.4 is 0 Å². The fourth-order valence-corrected chi connectivity index (χ4v) is 2.75. The summed E-state index contributed by atoms with van der Waals surface area (Å²) >= 11 is 11.6. The summed E-state index contributed by atoms with van der Waals surface area (Å²) in [6.45, 7) is 2.14. The van der Waals surface area contributed by atoms with E-state index in [4.69, 9.17) is 23.8 Å². The first-order valence-corrected chi connectivity index (χ1v) is 6.98. The zero-order valence-electron chi connectivity index (χ0n) is 10.5. The Morgan fingerprint density at radius 2 is 1.89 bits per heavy atom. The highest BCUT2D eigenvalue weighted by atomic mass is 35.5. The molecule has 1 aromatic heterocycles. The molecule has 0 amide bonds. The van der Waals surface area contributed by atoms with Gasteiger partial charge in [-0.05, 0) is 48.5 Å². The number of benzene rings is 2. The number of hydrogen-bond donors (Lipinski definition) is 1. The molecular weight excluding hydrogens is 276 g/mol. The van der Waals surface area contributed by atoms with Gasteiger partial charge in [0, 0.05) is 5.69 Å². The average molecular weight is 289 g/mol. The van der Waals surface area contributed by atoms with E-state index < -0.39 is 0 Å². The fourth-order valence-electron chi connectivity index (χ4n) is 2.23. The maximum absolute atomic E-state index is 6.19. The van der Waals surface area contributed by atoms with Crippen molar-refractivity contribution in [1.29, 1.82) is 0 Å². The zero-order chi connectivity index (χ0) is 13.4. The molecule has 0 fully saturated rings. The summed E-state index contributed by atoms with van der Waals surface area (Å²) in [6, 6.07) is 14.2. The van der Waals surface area contributed by atoms with Gasteiger partial charge in [-0.3, -0.25) is 4.57 Å². The number of H-pyrrole nitrogens is 1. The lowest BCUT2D eigenvalue weighted by molar-refractivity contribution is 1.05.